The first-order valence-electron chi connectivity index (χ1n) is 7.15. The second kappa shape index (κ2) is 9.75. The second-order valence-corrected chi connectivity index (χ2v) is 5.59. The highest BCUT2D eigenvalue weighted by Crippen LogP contribution is 2.15. The molecule has 2 atom stereocenters. The van der Waals surface area contributed by atoms with Crippen molar-refractivity contribution in [3.63, 3.8) is 0 Å². The Bertz CT molecular complexity index is 422. The van der Waals surface area contributed by atoms with E-state index >= 15 is 0 Å². The molecule has 0 aliphatic heterocycles. The minimum absolute atomic E-state index is 0.0330. The molecule has 0 aromatic heterocycles. The van der Waals surface area contributed by atoms with Crippen molar-refractivity contribution in [3.05, 3.63) is 0 Å². The Balaban J connectivity index is 4.25. The number of carboxylic acid groups (broad SMARTS) is 2. The number of aliphatic carboxylic acids is 2. The Hall–Kier alpha value is -2.12. The number of hydrogen-bond acceptors (Lipinski definition) is 4. The largest absolute Gasteiger partial charge is 0.481 e. The zero-order chi connectivity index (χ0) is 17.3. The van der Waals surface area contributed by atoms with E-state index in [1.54, 1.807) is 0 Å². The monoisotopic (exact) mass is 316 g/mol. The van der Waals surface area contributed by atoms with E-state index in [4.69, 9.17) is 10.2 Å². The van der Waals surface area contributed by atoms with Crippen LogP contribution in [0.15, 0.2) is 0 Å². The molecule has 0 saturated heterocycles. The minimum atomic E-state index is -1.14. The SMILES string of the molecule is CC(C)CC(CC(=O)O)C(=O)NCCC(=O)N[C@H](C)C(=O)O. The van der Waals surface area contributed by atoms with E-state index in [1.165, 1.54) is 6.92 Å². The smallest absolute Gasteiger partial charge is 0.325 e. The summed E-state index contributed by atoms with van der Waals surface area (Å²) in [5, 5.41) is 22.2. The molecule has 8 heteroatoms. The molecular weight excluding hydrogens is 292 g/mol. The van der Waals surface area contributed by atoms with Crippen molar-refractivity contribution in [3.8, 4) is 0 Å². The highest BCUT2D eigenvalue weighted by atomic mass is 16.4. The highest BCUT2D eigenvalue weighted by Gasteiger charge is 2.22. The lowest BCUT2D eigenvalue weighted by atomic mass is 9.93. The summed E-state index contributed by atoms with van der Waals surface area (Å²) in [5.74, 6) is -3.55. The Labute approximate surface area is 129 Å². The standard InChI is InChI=1S/C14H24N2O6/c1-8(2)6-10(7-12(18)19)13(20)15-5-4-11(17)16-9(3)14(21)22/h8-10H,4-7H2,1-3H3,(H,15,20)(H,16,17)(H,18,19)(H,21,22)/t9-,10?/m1/s1. The third-order valence-corrected chi connectivity index (χ3v) is 2.95. The summed E-state index contributed by atoms with van der Waals surface area (Å²) >= 11 is 0. The fourth-order valence-corrected chi connectivity index (χ4v) is 1.88. The molecule has 2 amide bonds. The molecule has 0 aliphatic rings. The van der Waals surface area contributed by atoms with E-state index in [0.29, 0.717) is 6.42 Å². The molecule has 0 aliphatic carbocycles. The summed E-state index contributed by atoms with van der Waals surface area (Å²) in [6.07, 6.45) is 0.122. The van der Waals surface area contributed by atoms with Crippen molar-refractivity contribution in [1.29, 1.82) is 0 Å². The fraction of sp³-hybridized carbons (Fsp3) is 0.714. The van der Waals surface area contributed by atoms with Crippen LogP contribution in [0.1, 0.15) is 40.0 Å². The molecule has 0 fully saturated rings. The quantitative estimate of drug-likeness (QED) is 0.455. The topological polar surface area (TPSA) is 133 Å². The molecule has 0 bridgehead atoms. The van der Waals surface area contributed by atoms with Crippen LogP contribution in [0, 0.1) is 11.8 Å². The molecule has 0 aromatic carbocycles. The molecule has 0 saturated carbocycles. The van der Waals surface area contributed by atoms with Crippen molar-refractivity contribution in [2.24, 2.45) is 11.8 Å². The van der Waals surface area contributed by atoms with Crippen molar-refractivity contribution >= 4 is 23.8 Å². The molecule has 126 valence electrons. The number of amides is 2. The molecule has 0 radical (unpaired) electrons. The van der Waals surface area contributed by atoms with Crippen LogP contribution < -0.4 is 10.6 Å². The maximum Gasteiger partial charge on any atom is 0.325 e. The maximum absolute atomic E-state index is 11.9. The van der Waals surface area contributed by atoms with Gasteiger partial charge in [0.05, 0.1) is 6.42 Å². The summed E-state index contributed by atoms with van der Waals surface area (Å²) in [4.78, 5) is 44.7. The van der Waals surface area contributed by atoms with Gasteiger partial charge in [0, 0.05) is 18.9 Å². The zero-order valence-corrected chi connectivity index (χ0v) is 13.1. The van der Waals surface area contributed by atoms with E-state index in [9.17, 15) is 19.2 Å². The van der Waals surface area contributed by atoms with E-state index in [2.05, 4.69) is 10.6 Å². The lowest BCUT2D eigenvalue weighted by Crippen LogP contribution is -2.40. The molecule has 0 aromatic rings. The van der Waals surface area contributed by atoms with E-state index in [1.807, 2.05) is 13.8 Å². The molecule has 0 spiro atoms. The van der Waals surface area contributed by atoms with Gasteiger partial charge in [0.1, 0.15) is 6.04 Å². The number of rotatable bonds is 10. The van der Waals surface area contributed by atoms with Crippen LogP contribution in [0.4, 0.5) is 0 Å². The van der Waals surface area contributed by atoms with Crippen LogP contribution in [-0.2, 0) is 19.2 Å². The lowest BCUT2D eigenvalue weighted by Gasteiger charge is -2.17. The van der Waals surface area contributed by atoms with E-state index in [0.717, 1.165) is 0 Å². The van der Waals surface area contributed by atoms with Gasteiger partial charge in [-0.15, -0.1) is 0 Å². The predicted octanol–water partition coefficient (Wildman–Crippen LogP) is 0.219. The fourth-order valence-electron chi connectivity index (χ4n) is 1.88. The molecule has 0 heterocycles. The number of nitrogens with one attached hydrogen (secondary N) is 2. The van der Waals surface area contributed by atoms with Crippen LogP contribution in [0.2, 0.25) is 0 Å². The van der Waals surface area contributed by atoms with E-state index < -0.39 is 35.7 Å². The molecule has 4 N–H and O–H groups in total. The summed E-state index contributed by atoms with van der Waals surface area (Å²) < 4.78 is 0. The van der Waals surface area contributed by atoms with Gasteiger partial charge in [-0.3, -0.25) is 19.2 Å². The maximum atomic E-state index is 11.9. The molecule has 0 rings (SSSR count). The van der Waals surface area contributed by atoms with Crippen molar-refractivity contribution in [2.45, 2.75) is 46.1 Å². The Morgan fingerprint density at radius 1 is 1.05 bits per heavy atom. The minimum Gasteiger partial charge on any atom is -0.481 e. The van der Waals surface area contributed by atoms with Crippen LogP contribution in [-0.4, -0.2) is 46.6 Å². The Morgan fingerprint density at radius 2 is 1.64 bits per heavy atom. The molecule has 8 nitrogen and oxygen atoms in total. The van der Waals surface area contributed by atoms with Gasteiger partial charge in [0.2, 0.25) is 11.8 Å². The number of carboxylic acids is 2. The predicted molar refractivity (Wildman–Crippen MR) is 78.1 cm³/mol. The van der Waals surface area contributed by atoms with Gasteiger partial charge in [-0.05, 0) is 19.3 Å². The summed E-state index contributed by atoms with van der Waals surface area (Å²) in [6.45, 7) is 5.15. The summed E-state index contributed by atoms with van der Waals surface area (Å²) in [7, 11) is 0. The summed E-state index contributed by atoms with van der Waals surface area (Å²) in [5.41, 5.74) is 0. The van der Waals surface area contributed by atoms with Gasteiger partial charge in [-0.1, -0.05) is 13.8 Å². The normalized spacial score (nSPS) is 13.3. The van der Waals surface area contributed by atoms with Crippen molar-refractivity contribution in [2.75, 3.05) is 6.54 Å². The summed E-state index contributed by atoms with van der Waals surface area (Å²) in [6, 6.07) is -0.996. The van der Waals surface area contributed by atoms with Crippen molar-refractivity contribution in [1.82, 2.24) is 10.6 Å². The molecular formula is C14H24N2O6. The number of carbonyl (C=O) groups excluding carboxylic acids is 2. The van der Waals surface area contributed by atoms with Crippen LogP contribution in [0.25, 0.3) is 0 Å². The Kier molecular flexibility index (Phi) is 8.81. The first kappa shape index (κ1) is 19.9. The lowest BCUT2D eigenvalue weighted by molar-refractivity contribution is -0.141. The zero-order valence-electron chi connectivity index (χ0n) is 13.1. The first-order valence-corrected chi connectivity index (χ1v) is 7.15. The third kappa shape index (κ3) is 8.93. The van der Waals surface area contributed by atoms with Gasteiger partial charge >= 0.3 is 11.9 Å². The van der Waals surface area contributed by atoms with Gasteiger partial charge in [0.25, 0.3) is 0 Å². The van der Waals surface area contributed by atoms with Gasteiger partial charge in [-0.2, -0.15) is 0 Å². The van der Waals surface area contributed by atoms with Gasteiger partial charge < -0.3 is 20.8 Å². The van der Waals surface area contributed by atoms with Crippen LogP contribution in [0.3, 0.4) is 0 Å². The van der Waals surface area contributed by atoms with Gasteiger partial charge in [0.15, 0.2) is 0 Å². The van der Waals surface area contributed by atoms with E-state index in [-0.39, 0.29) is 25.3 Å². The van der Waals surface area contributed by atoms with Crippen LogP contribution in [0.5, 0.6) is 0 Å². The molecule has 22 heavy (non-hydrogen) atoms. The van der Waals surface area contributed by atoms with Crippen LogP contribution >= 0.6 is 0 Å². The Morgan fingerprint density at radius 3 is 2.09 bits per heavy atom. The second-order valence-electron chi connectivity index (χ2n) is 5.59. The van der Waals surface area contributed by atoms with Gasteiger partial charge in [-0.25, -0.2) is 0 Å². The number of hydrogen-bond donors (Lipinski definition) is 4. The highest BCUT2D eigenvalue weighted by molar-refractivity contribution is 5.85. The number of carbonyl (C=O) groups is 4. The average Bonchev–Trinajstić information content (AvgIpc) is 2.36. The first-order chi connectivity index (χ1) is 10.1. The molecule has 1 unspecified atom stereocenters. The third-order valence-electron chi connectivity index (χ3n) is 2.95. The average molecular weight is 316 g/mol. The van der Waals surface area contributed by atoms with Crippen molar-refractivity contribution < 1.29 is 29.4 Å².